The van der Waals surface area contributed by atoms with E-state index in [9.17, 15) is 8.78 Å². The van der Waals surface area contributed by atoms with Gasteiger partial charge in [-0.05, 0) is 6.42 Å². The topological polar surface area (TPSA) is 29.0 Å². The van der Waals surface area contributed by atoms with Gasteiger partial charge in [0.15, 0.2) is 12.3 Å². The number of aromatic nitrogens is 2. The van der Waals surface area contributed by atoms with Gasteiger partial charge in [-0.2, -0.15) is 0 Å². The minimum absolute atomic E-state index is 0.0897. The molecule has 0 amide bonds. The number of halogens is 3. The van der Waals surface area contributed by atoms with Gasteiger partial charge in [-0.3, -0.25) is 0 Å². The minimum Gasteiger partial charge on any atom is -0.350 e. The van der Waals surface area contributed by atoms with Gasteiger partial charge in [0, 0.05) is 16.2 Å². The highest BCUT2D eigenvalue weighted by atomic mass is 127. The van der Waals surface area contributed by atoms with Crippen molar-refractivity contribution in [3.63, 3.8) is 0 Å². The van der Waals surface area contributed by atoms with E-state index in [0.29, 0.717) is 5.82 Å². The van der Waals surface area contributed by atoms with E-state index in [2.05, 4.69) is 32.6 Å². The number of alkyl halides is 3. The third kappa shape index (κ3) is 2.41. The Morgan fingerprint density at radius 3 is 2.69 bits per heavy atom. The highest BCUT2D eigenvalue weighted by Crippen LogP contribution is 2.25. The summed E-state index contributed by atoms with van der Waals surface area (Å²) in [6.45, 7) is 0.179. The van der Waals surface area contributed by atoms with Crippen LogP contribution in [0.4, 0.5) is 14.6 Å². The second kappa shape index (κ2) is 5.20. The third-order valence-corrected chi connectivity index (χ3v) is 3.15. The molecule has 1 aromatic heterocycles. The minimum atomic E-state index is -1.40. The number of rotatable bonds is 3. The lowest BCUT2D eigenvalue weighted by Gasteiger charge is -2.18. The molecule has 6 heteroatoms. The summed E-state index contributed by atoms with van der Waals surface area (Å²) in [5, 5.41) is 0. The largest absolute Gasteiger partial charge is 0.350 e. The summed E-state index contributed by atoms with van der Waals surface area (Å²) in [6.07, 6.45) is 1.16. The average Bonchev–Trinajstić information content (AvgIpc) is 2.60. The SMILES string of the molecule is F[C@H]1CN(c2ncncc2CCI)C[C@@H]1F. The second-order valence-electron chi connectivity index (χ2n) is 3.75. The van der Waals surface area contributed by atoms with Gasteiger partial charge < -0.3 is 4.90 Å². The summed E-state index contributed by atoms with van der Waals surface area (Å²) >= 11 is 2.26. The molecule has 0 aliphatic carbocycles. The lowest BCUT2D eigenvalue weighted by molar-refractivity contribution is 0.217. The summed E-state index contributed by atoms with van der Waals surface area (Å²) in [6, 6.07) is 0. The molecule has 0 bridgehead atoms. The van der Waals surface area contributed by atoms with Crippen LogP contribution in [0.1, 0.15) is 5.56 Å². The van der Waals surface area contributed by atoms with Crippen LogP contribution in [0.2, 0.25) is 0 Å². The van der Waals surface area contributed by atoms with E-state index < -0.39 is 12.3 Å². The summed E-state index contributed by atoms with van der Waals surface area (Å²) in [5.41, 5.74) is 0.957. The monoisotopic (exact) mass is 339 g/mol. The van der Waals surface area contributed by atoms with Crippen molar-refractivity contribution in [2.24, 2.45) is 0 Å². The van der Waals surface area contributed by atoms with Crippen LogP contribution in [-0.4, -0.2) is 39.8 Å². The van der Waals surface area contributed by atoms with E-state index in [1.807, 2.05) is 0 Å². The van der Waals surface area contributed by atoms with Crippen LogP contribution in [-0.2, 0) is 6.42 Å². The molecule has 3 nitrogen and oxygen atoms in total. The lowest BCUT2D eigenvalue weighted by Crippen LogP contribution is -2.23. The molecular formula is C10H12F2IN3. The quantitative estimate of drug-likeness (QED) is 0.623. The lowest BCUT2D eigenvalue weighted by atomic mass is 10.2. The molecular weight excluding hydrogens is 327 g/mol. The van der Waals surface area contributed by atoms with Gasteiger partial charge in [0.1, 0.15) is 12.1 Å². The van der Waals surface area contributed by atoms with Crippen LogP contribution in [0, 0.1) is 0 Å². The zero-order valence-electron chi connectivity index (χ0n) is 8.61. The molecule has 2 rings (SSSR count). The second-order valence-corrected chi connectivity index (χ2v) is 4.83. The van der Waals surface area contributed by atoms with Crippen molar-refractivity contribution in [1.29, 1.82) is 0 Å². The van der Waals surface area contributed by atoms with Gasteiger partial charge in [0.25, 0.3) is 0 Å². The zero-order chi connectivity index (χ0) is 11.5. The number of anilines is 1. The van der Waals surface area contributed by atoms with Crippen LogP contribution < -0.4 is 4.90 Å². The standard InChI is InChI=1S/C10H12F2IN3/c11-8-4-16(5-9(8)12)10-7(1-2-13)3-14-6-15-10/h3,6,8-9H,1-2,4-5H2/t8-,9-/m0/s1. The molecule has 1 aliphatic heterocycles. The van der Waals surface area contributed by atoms with E-state index in [4.69, 9.17) is 0 Å². The molecule has 16 heavy (non-hydrogen) atoms. The van der Waals surface area contributed by atoms with Crippen LogP contribution in [0.3, 0.4) is 0 Å². The van der Waals surface area contributed by atoms with Gasteiger partial charge in [-0.25, -0.2) is 18.7 Å². The molecule has 2 atom stereocenters. The Kier molecular flexibility index (Phi) is 3.88. The van der Waals surface area contributed by atoms with E-state index in [-0.39, 0.29) is 13.1 Å². The molecule has 0 saturated carbocycles. The van der Waals surface area contributed by atoms with Crippen molar-refractivity contribution in [1.82, 2.24) is 9.97 Å². The molecule has 1 saturated heterocycles. The normalized spacial score (nSPS) is 25.1. The fraction of sp³-hybridized carbons (Fsp3) is 0.600. The van der Waals surface area contributed by atoms with E-state index in [1.54, 1.807) is 11.1 Å². The Bertz CT molecular complexity index is 354. The van der Waals surface area contributed by atoms with Crippen LogP contribution in [0.5, 0.6) is 0 Å². The van der Waals surface area contributed by atoms with Gasteiger partial charge in [0.2, 0.25) is 0 Å². The van der Waals surface area contributed by atoms with Gasteiger partial charge in [-0.15, -0.1) is 0 Å². The number of nitrogens with zero attached hydrogens (tertiary/aromatic N) is 3. The van der Waals surface area contributed by atoms with Gasteiger partial charge in [0.05, 0.1) is 13.1 Å². The highest BCUT2D eigenvalue weighted by molar-refractivity contribution is 14.1. The molecule has 1 aliphatic rings. The first-order valence-electron chi connectivity index (χ1n) is 5.10. The Morgan fingerprint density at radius 1 is 1.38 bits per heavy atom. The summed E-state index contributed by atoms with van der Waals surface area (Å²) < 4.78 is 27.2. The van der Waals surface area contributed by atoms with E-state index in [1.165, 1.54) is 6.33 Å². The summed E-state index contributed by atoms with van der Waals surface area (Å²) in [4.78, 5) is 9.74. The van der Waals surface area contributed by atoms with Gasteiger partial charge in [-0.1, -0.05) is 22.6 Å². The molecule has 0 radical (unpaired) electrons. The first-order valence-corrected chi connectivity index (χ1v) is 6.63. The van der Waals surface area contributed by atoms with Crippen LogP contribution >= 0.6 is 22.6 Å². The van der Waals surface area contributed by atoms with Crippen molar-refractivity contribution in [2.75, 3.05) is 22.4 Å². The predicted molar refractivity (Wildman–Crippen MR) is 66.6 cm³/mol. The number of hydrogen-bond donors (Lipinski definition) is 0. The van der Waals surface area contributed by atoms with E-state index in [0.717, 1.165) is 16.4 Å². The summed E-state index contributed by atoms with van der Waals surface area (Å²) in [5.74, 6) is 0.675. The maximum absolute atomic E-state index is 13.1. The molecule has 2 heterocycles. The Balaban J connectivity index is 2.20. The van der Waals surface area contributed by atoms with Crippen molar-refractivity contribution >= 4 is 28.4 Å². The first-order chi connectivity index (χ1) is 7.72. The molecule has 0 aromatic carbocycles. The third-order valence-electron chi connectivity index (χ3n) is 2.61. The van der Waals surface area contributed by atoms with Crippen molar-refractivity contribution < 1.29 is 8.78 Å². The van der Waals surface area contributed by atoms with Crippen molar-refractivity contribution in [2.45, 2.75) is 18.8 Å². The maximum atomic E-state index is 13.1. The smallest absolute Gasteiger partial charge is 0.150 e. The highest BCUT2D eigenvalue weighted by Gasteiger charge is 2.34. The Hall–Kier alpha value is -0.530. The Labute approximate surface area is 106 Å². The molecule has 0 N–H and O–H groups in total. The van der Waals surface area contributed by atoms with Crippen molar-refractivity contribution in [3.8, 4) is 0 Å². The Morgan fingerprint density at radius 2 is 2.06 bits per heavy atom. The maximum Gasteiger partial charge on any atom is 0.150 e. The molecule has 0 spiro atoms. The van der Waals surface area contributed by atoms with E-state index >= 15 is 0 Å². The fourth-order valence-electron chi connectivity index (χ4n) is 1.81. The average molecular weight is 339 g/mol. The van der Waals surface area contributed by atoms with Crippen LogP contribution in [0.15, 0.2) is 12.5 Å². The first kappa shape index (κ1) is 11.9. The number of aryl methyl sites for hydroxylation is 1. The molecule has 0 unspecified atom stereocenters. The van der Waals surface area contributed by atoms with Crippen molar-refractivity contribution in [3.05, 3.63) is 18.1 Å². The number of hydrogen-bond acceptors (Lipinski definition) is 3. The molecule has 1 aromatic rings. The summed E-state index contributed by atoms with van der Waals surface area (Å²) in [7, 11) is 0. The molecule has 1 fully saturated rings. The van der Waals surface area contributed by atoms with Gasteiger partial charge >= 0.3 is 0 Å². The fourth-order valence-corrected chi connectivity index (χ4v) is 2.39. The zero-order valence-corrected chi connectivity index (χ0v) is 10.8. The predicted octanol–water partition coefficient (Wildman–Crippen LogP) is 1.95. The molecule has 88 valence electrons. The van der Waals surface area contributed by atoms with Crippen LogP contribution in [0.25, 0.3) is 0 Å².